The molecule has 0 N–H and O–H groups in total. The van der Waals surface area contributed by atoms with E-state index in [0.29, 0.717) is 0 Å². The molecule has 1 fully saturated rings. The molecule has 54 valence electrons. The molecule has 0 aromatic carbocycles. The van der Waals surface area contributed by atoms with E-state index in [9.17, 15) is 0 Å². The molecule has 0 aromatic rings. The Balaban J connectivity index is 2.18. The van der Waals surface area contributed by atoms with E-state index in [1.165, 1.54) is 30.8 Å². The summed E-state index contributed by atoms with van der Waals surface area (Å²) in [6, 6.07) is 0. The monoisotopic (exact) mass is 145 g/mol. The second-order valence-corrected chi connectivity index (χ2v) is 5.42. The average Bonchev–Trinajstić information content (AvgIpc) is 1.90. The van der Waals surface area contributed by atoms with Crippen molar-refractivity contribution in [2.24, 2.45) is 5.92 Å². The predicted molar refractivity (Wildman–Crippen MR) is 46.0 cm³/mol. The Labute approximate surface area is 61.4 Å². The minimum atomic E-state index is 0.787. The number of hydrogen-bond acceptors (Lipinski definition) is 0. The minimum Gasteiger partial charge on any atom is -0.0651 e. The van der Waals surface area contributed by atoms with Crippen molar-refractivity contribution < 1.29 is 0 Å². The van der Waals surface area contributed by atoms with Crippen LogP contribution in [0.5, 0.6) is 0 Å². The fourth-order valence-corrected chi connectivity index (χ4v) is 3.07. The molecule has 0 bridgehead atoms. The van der Waals surface area contributed by atoms with Crippen molar-refractivity contribution in [1.29, 1.82) is 0 Å². The van der Waals surface area contributed by atoms with Crippen LogP contribution in [0.1, 0.15) is 26.2 Å². The molecule has 0 amide bonds. The Morgan fingerprint density at radius 1 is 1.33 bits per heavy atom. The van der Waals surface area contributed by atoms with E-state index in [1.54, 1.807) is 0 Å². The molecule has 0 unspecified atom stereocenters. The van der Waals surface area contributed by atoms with Crippen molar-refractivity contribution in [3.8, 4) is 0 Å². The molecule has 0 spiro atoms. The summed E-state index contributed by atoms with van der Waals surface area (Å²) in [4.78, 5) is 0. The van der Waals surface area contributed by atoms with Gasteiger partial charge >= 0.3 is 0 Å². The molecular weight excluding hydrogens is 128 g/mol. The third-order valence-electron chi connectivity index (χ3n) is 2.33. The van der Waals surface area contributed by atoms with Gasteiger partial charge in [-0.15, -0.1) is 0 Å². The molecule has 9 heavy (non-hydrogen) atoms. The lowest BCUT2D eigenvalue weighted by Gasteiger charge is -2.18. The summed E-state index contributed by atoms with van der Waals surface area (Å²) in [6.07, 6.45) is 6.84. The average molecular weight is 145 g/mol. The minimum absolute atomic E-state index is 0.787. The maximum Gasteiger partial charge on any atom is 0.108 e. The molecule has 1 rings (SSSR count). The van der Waals surface area contributed by atoms with Crippen molar-refractivity contribution in [2.45, 2.75) is 26.2 Å². The SMILES string of the molecule is CCC1CC[S+](C)CC1. The quantitative estimate of drug-likeness (QED) is 0.495. The molecule has 1 heteroatoms. The summed E-state index contributed by atoms with van der Waals surface area (Å²) < 4.78 is 0. The highest BCUT2D eigenvalue weighted by Gasteiger charge is 2.22. The highest BCUT2D eigenvalue weighted by Crippen LogP contribution is 2.21. The zero-order valence-corrected chi connectivity index (χ0v) is 7.34. The Morgan fingerprint density at radius 3 is 2.33 bits per heavy atom. The second kappa shape index (κ2) is 3.50. The molecule has 0 atom stereocenters. The van der Waals surface area contributed by atoms with Gasteiger partial charge in [0.25, 0.3) is 0 Å². The zero-order valence-electron chi connectivity index (χ0n) is 6.52. The van der Waals surface area contributed by atoms with Gasteiger partial charge in [-0.05, 0) is 29.7 Å². The molecule has 1 saturated heterocycles. The largest absolute Gasteiger partial charge is 0.108 e. The van der Waals surface area contributed by atoms with Gasteiger partial charge in [-0.3, -0.25) is 0 Å². The molecule has 0 nitrogen and oxygen atoms in total. The molecule has 1 heterocycles. The van der Waals surface area contributed by atoms with Crippen molar-refractivity contribution in [1.82, 2.24) is 0 Å². The van der Waals surface area contributed by atoms with E-state index in [2.05, 4.69) is 13.2 Å². The molecule has 0 aromatic heterocycles. The lowest BCUT2D eigenvalue weighted by Crippen LogP contribution is -2.21. The van der Waals surface area contributed by atoms with E-state index in [4.69, 9.17) is 0 Å². The number of rotatable bonds is 1. The molecule has 0 aliphatic carbocycles. The Hall–Kier alpha value is 0.350. The smallest absolute Gasteiger partial charge is 0.0651 e. The second-order valence-electron chi connectivity index (χ2n) is 3.04. The summed E-state index contributed by atoms with van der Waals surface area (Å²) in [5.74, 6) is 4.10. The van der Waals surface area contributed by atoms with Crippen molar-refractivity contribution in [3.63, 3.8) is 0 Å². The summed E-state index contributed by atoms with van der Waals surface area (Å²) in [5, 5.41) is 0. The van der Waals surface area contributed by atoms with E-state index in [1.807, 2.05) is 0 Å². The van der Waals surface area contributed by atoms with Gasteiger partial charge in [0.15, 0.2) is 0 Å². The van der Waals surface area contributed by atoms with Crippen LogP contribution in [0.2, 0.25) is 0 Å². The van der Waals surface area contributed by atoms with E-state index in [0.717, 1.165) is 16.8 Å². The molecule has 0 saturated carbocycles. The molecular formula is C8H17S+. The molecule has 1 aliphatic rings. The Bertz CT molecular complexity index is 72.6. The van der Waals surface area contributed by atoms with Gasteiger partial charge in [0.1, 0.15) is 11.5 Å². The first-order chi connectivity index (χ1) is 4.33. The van der Waals surface area contributed by atoms with Crippen molar-refractivity contribution in [2.75, 3.05) is 17.8 Å². The van der Waals surface area contributed by atoms with Crippen LogP contribution < -0.4 is 0 Å². The molecule has 0 radical (unpaired) electrons. The Morgan fingerprint density at radius 2 is 1.89 bits per heavy atom. The van der Waals surface area contributed by atoms with Gasteiger partial charge in [0.2, 0.25) is 0 Å². The van der Waals surface area contributed by atoms with Crippen LogP contribution in [0.4, 0.5) is 0 Å². The summed E-state index contributed by atoms with van der Waals surface area (Å²) in [5.41, 5.74) is 0. The van der Waals surface area contributed by atoms with Gasteiger partial charge < -0.3 is 0 Å². The molecule has 1 aliphatic heterocycles. The summed E-state index contributed by atoms with van der Waals surface area (Å²) in [6.45, 7) is 2.32. The first-order valence-electron chi connectivity index (χ1n) is 3.92. The van der Waals surface area contributed by atoms with Gasteiger partial charge in [-0.25, -0.2) is 0 Å². The number of hydrogen-bond donors (Lipinski definition) is 0. The fraction of sp³-hybridized carbons (Fsp3) is 1.00. The lowest BCUT2D eigenvalue weighted by molar-refractivity contribution is 0.472. The van der Waals surface area contributed by atoms with E-state index in [-0.39, 0.29) is 0 Å². The topological polar surface area (TPSA) is 0 Å². The van der Waals surface area contributed by atoms with Crippen LogP contribution >= 0.6 is 0 Å². The zero-order chi connectivity index (χ0) is 6.69. The first kappa shape index (κ1) is 7.46. The standard InChI is InChI=1S/C8H17S/c1-3-8-4-6-9(2)7-5-8/h8H,3-7H2,1-2H3/q+1. The maximum atomic E-state index is 2.41. The predicted octanol–water partition coefficient (Wildman–Crippen LogP) is 2.05. The van der Waals surface area contributed by atoms with Crippen LogP contribution in [0, 0.1) is 5.92 Å². The Kier molecular flexibility index (Phi) is 2.90. The normalized spacial score (nSPS) is 36.7. The van der Waals surface area contributed by atoms with Crippen molar-refractivity contribution in [3.05, 3.63) is 0 Å². The van der Waals surface area contributed by atoms with E-state index >= 15 is 0 Å². The van der Waals surface area contributed by atoms with Crippen LogP contribution in [0.25, 0.3) is 0 Å². The van der Waals surface area contributed by atoms with Crippen LogP contribution in [0.15, 0.2) is 0 Å². The van der Waals surface area contributed by atoms with Gasteiger partial charge in [0, 0.05) is 0 Å². The van der Waals surface area contributed by atoms with Crippen LogP contribution in [0.3, 0.4) is 0 Å². The summed E-state index contributed by atoms with van der Waals surface area (Å²) in [7, 11) is 0.787. The summed E-state index contributed by atoms with van der Waals surface area (Å²) >= 11 is 0. The van der Waals surface area contributed by atoms with Crippen molar-refractivity contribution >= 4 is 10.9 Å². The van der Waals surface area contributed by atoms with Gasteiger partial charge in [-0.1, -0.05) is 13.3 Å². The third kappa shape index (κ3) is 2.21. The van der Waals surface area contributed by atoms with Gasteiger partial charge in [0.05, 0.1) is 6.26 Å². The highest BCUT2D eigenvalue weighted by molar-refractivity contribution is 7.96. The van der Waals surface area contributed by atoms with Crippen LogP contribution in [-0.4, -0.2) is 17.8 Å². The lowest BCUT2D eigenvalue weighted by atomic mass is 10.0. The highest BCUT2D eigenvalue weighted by atomic mass is 32.2. The van der Waals surface area contributed by atoms with Crippen LogP contribution in [-0.2, 0) is 10.9 Å². The van der Waals surface area contributed by atoms with Gasteiger partial charge in [-0.2, -0.15) is 0 Å². The fourth-order valence-electron chi connectivity index (χ4n) is 1.39. The third-order valence-corrected chi connectivity index (χ3v) is 4.19. The van der Waals surface area contributed by atoms with E-state index < -0.39 is 0 Å². The first-order valence-corrected chi connectivity index (χ1v) is 5.89. The maximum absolute atomic E-state index is 2.41.